The molecule has 0 saturated heterocycles. The van der Waals surface area contributed by atoms with Gasteiger partial charge in [0.25, 0.3) is 0 Å². The zero-order chi connectivity index (χ0) is 0. The second-order valence-electron chi connectivity index (χ2n) is 0. The first kappa shape index (κ1) is 24.9. The van der Waals surface area contributed by atoms with Gasteiger partial charge in [-0.1, -0.05) is 0 Å². The molecular formula is H5BaClCsF. The van der Waals surface area contributed by atoms with Gasteiger partial charge in [-0.05, 0) is 0 Å². The van der Waals surface area contributed by atoms with Gasteiger partial charge in [-0.3, -0.25) is 4.70 Å². The van der Waals surface area contributed by atoms with Gasteiger partial charge in [-0.2, -0.15) is 0 Å². The van der Waals surface area contributed by atoms with Crippen molar-refractivity contribution in [2.24, 2.45) is 0 Å². The molecule has 0 aromatic rings. The van der Waals surface area contributed by atoms with Crippen LogP contribution in [0, 0.1) is 0 Å². The van der Waals surface area contributed by atoms with Gasteiger partial charge in [-0.25, -0.2) is 0 Å². The van der Waals surface area contributed by atoms with E-state index in [0.29, 0.717) is 0 Å². The van der Waals surface area contributed by atoms with E-state index in [4.69, 9.17) is 0 Å². The molecule has 0 bridgehead atoms. The van der Waals surface area contributed by atoms with Crippen LogP contribution in [-0.4, -0.2) is 118 Å². The summed E-state index contributed by atoms with van der Waals surface area (Å²) in [5.41, 5.74) is 0. The molecule has 0 aromatic carbocycles. The molecular weight excluding hydrogens is 325 g/mol. The molecule has 0 unspecified atom stereocenters. The van der Waals surface area contributed by atoms with Gasteiger partial charge in [0, 0.05) is 0 Å². The molecule has 0 aromatic heterocycles. The number of rotatable bonds is 0. The van der Waals surface area contributed by atoms with Crippen LogP contribution in [0.3, 0.4) is 0 Å². The summed E-state index contributed by atoms with van der Waals surface area (Å²) in [5.74, 6) is 0. The quantitative estimate of drug-likeness (QED) is 0.501. The summed E-state index contributed by atoms with van der Waals surface area (Å²) < 4.78 is 0. The van der Waals surface area contributed by atoms with Crippen molar-refractivity contribution in [1.29, 1.82) is 0 Å². The van der Waals surface area contributed by atoms with Crippen molar-refractivity contribution in [3.05, 3.63) is 0 Å². The molecule has 0 rings (SSSR count). The summed E-state index contributed by atoms with van der Waals surface area (Å²) >= 11 is 0. The minimum absolute atomic E-state index is 0. The van der Waals surface area contributed by atoms with Crippen LogP contribution in [0.1, 0.15) is 0 Å². The molecule has 0 N–H and O–H groups in total. The van der Waals surface area contributed by atoms with E-state index >= 15 is 0 Å². The van der Waals surface area contributed by atoms with Crippen LogP contribution < -0.4 is 0 Å². The van der Waals surface area contributed by atoms with Crippen LogP contribution in [0.2, 0.25) is 0 Å². The molecule has 0 spiro atoms. The van der Waals surface area contributed by atoms with Gasteiger partial charge in [-0.15, -0.1) is 12.4 Å². The summed E-state index contributed by atoms with van der Waals surface area (Å²) in [7, 11) is 0. The third-order valence-corrected chi connectivity index (χ3v) is 0. The Morgan fingerprint density at radius 2 is 1.00 bits per heavy atom. The van der Waals surface area contributed by atoms with Crippen molar-refractivity contribution in [3.8, 4) is 0 Å². The Balaban J connectivity index is 0. The maximum absolute atomic E-state index is 0. The van der Waals surface area contributed by atoms with Crippen LogP contribution in [0.5, 0.6) is 0 Å². The Labute approximate surface area is 130 Å². The monoisotopic (exact) mass is 330 g/mol. The third-order valence-electron chi connectivity index (χ3n) is 0. The van der Waals surface area contributed by atoms with E-state index in [1.165, 1.54) is 0 Å². The maximum atomic E-state index is 0. The van der Waals surface area contributed by atoms with Gasteiger partial charge >= 0.3 is 118 Å². The fourth-order valence-corrected chi connectivity index (χ4v) is 0. The summed E-state index contributed by atoms with van der Waals surface area (Å²) in [6.07, 6.45) is 0. The van der Waals surface area contributed by atoms with E-state index in [2.05, 4.69) is 0 Å². The molecule has 0 nitrogen and oxygen atoms in total. The number of halogens is 2. The second-order valence-corrected chi connectivity index (χ2v) is 0. The summed E-state index contributed by atoms with van der Waals surface area (Å²) in [4.78, 5) is 0. The molecule has 0 aliphatic rings. The van der Waals surface area contributed by atoms with Gasteiger partial charge < -0.3 is 0 Å². The molecule has 0 atom stereocenters. The average molecular weight is 330 g/mol. The van der Waals surface area contributed by atoms with Crippen LogP contribution in [-0.2, 0) is 0 Å². The van der Waals surface area contributed by atoms with Crippen molar-refractivity contribution in [2.45, 2.75) is 0 Å². The average Bonchev–Trinajstić information content (AvgIpc) is 0. The van der Waals surface area contributed by atoms with E-state index in [0.717, 1.165) is 0 Å². The predicted molar refractivity (Wildman–Crippen MR) is 25.4 cm³/mol. The van der Waals surface area contributed by atoms with Crippen LogP contribution in [0.4, 0.5) is 4.70 Å². The van der Waals surface area contributed by atoms with E-state index in [9.17, 15) is 0 Å². The van der Waals surface area contributed by atoms with E-state index in [1.807, 2.05) is 0 Å². The molecule has 4 heteroatoms. The first-order valence-electron chi connectivity index (χ1n) is 0. The van der Waals surface area contributed by atoms with E-state index in [-0.39, 0.29) is 135 Å². The van der Waals surface area contributed by atoms with Gasteiger partial charge in [0.05, 0.1) is 0 Å². The van der Waals surface area contributed by atoms with Crippen LogP contribution in [0.25, 0.3) is 0 Å². The Morgan fingerprint density at radius 1 is 1.00 bits per heavy atom. The first-order chi connectivity index (χ1) is 0. The van der Waals surface area contributed by atoms with Crippen LogP contribution >= 0.6 is 12.4 Å². The van der Waals surface area contributed by atoms with Gasteiger partial charge in [0.2, 0.25) is 0 Å². The molecule has 0 aliphatic carbocycles. The van der Waals surface area contributed by atoms with Crippen molar-refractivity contribution in [2.75, 3.05) is 0 Å². The molecule has 0 saturated carbocycles. The molecule has 0 aliphatic heterocycles. The summed E-state index contributed by atoms with van der Waals surface area (Å²) in [6, 6.07) is 0. The zero-order valence-electron chi connectivity index (χ0n) is 0.816. The molecule has 0 heterocycles. The number of hydrogen-bond donors (Lipinski definition) is 0. The minimum atomic E-state index is 0. The Hall–Kier alpha value is 3.84. The summed E-state index contributed by atoms with van der Waals surface area (Å²) in [6.45, 7) is 0. The first-order valence-corrected chi connectivity index (χ1v) is 0. The molecule has 22 valence electrons. The second kappa shape index (κ2) is 15.8. The Kier molecular flexibility index (Phi) is 98.3. The normalized spacial score (nSPS) is 0. The van der Waals surface area contributed by atoms with Crippen molar-refractivity contribution < 1.29 is 4.70 Å². The van der Waals surface area contributed by atoms with Crippen molar-refractivity contribution >= 4 is 130 Å². The standard InChI is InChI=1S/Ba.ClH.Cs.FH.3H/h;1H;;1H;;;. The van der Waals surface area contributed by atoms with Crippen LogP contribution in [0.15, 0.2) is 0 Å². The van der Waals surface area contributed by atoms with Gasteiger partial charge in [0.15, 0.2) is 0 Å². The molecule has 0 fully saturated rings. The number of hydrogen-bond acceptors (Lipinski definition) is 0. The molecule has 0 radical (unpaired) electrons. The molecule has 4 heavy (non-hydrogen) atoms. The van der Waals surface area contributed by atoms with Crippen molar-refractivity contribution in [1.82, 2.24) is 0 Å². The Bertz CT molecular complexity index is 8.00. The summed E-state index contributed by atoms with van der Waals surface area (Å²) in [5, 5.41) is 0. The zero-order valence-corrected chi connectivity index (χ0v) is 1.63. The fraction of sp³-hybridized carbons (Fsp3) is 0. The van der Waals surface area contributed by atoms with E-state index in [1.54, 1.807) is 0 Å². The Morgan fingerprint density at radius 3 is 1.00 bits per heavy atom. The fourth-order valence-electron chi connectivity index (χ4n) is 0. The predicted octanol–water partition coefficient (Wildman–Crippen LogP) is -0.990. The topological polar surface area (TPSA) is 0 Å². The van der Waals surface area contributed by atoms with Gasteiger partial charge in [0.1, 0.15) is 0 Å². The van der Waals surface area contributed by atoms with Crippen molar-refractivity contribution in [3.63, 3.8) is 0 Å². The van der Waals surface area contributed by atoms with E-state index < -0.39 is 0 Å². The molecule has 0 amide bonds. The third kappa shape index (κ3) is 9.28. The SMILES string of the molecule is Cl.F.[BaH2].[CsH].